The normalized spacial score (nSPS) is 14.5. The number of aryl methyl sites for hydroxylation is 1. The summed E-state index contributed by atoms with van der Waals surface area (Å²) < 4.78 is 23.2. The number of ether oxygens (including phenoxy) is 1. The molecule has 234 valence electrons. The van der Waals surface area contributed by atoms with Crippen molar-refractivity contribution < 1.29 is 18.7 Å². The van der Waals surface area contributed by atoms with Crippen LogP contribution in [0.5, 0.6) is 5.75 Å². The van der Waals surface area contributed by atoms with E-state index >= 15 is 4.39 Å². The summed E-state index contributed by atoms with van der Waals surface area (Å²) in [6, 6.07) is 13.2. The van der Waals surface area contributed by atoms with E-state index in [1.807, 2.05) is 11.9 Å². The molecule has 0 unspecified atom stereocenters. The fourth-order valence-electron chi connectivity index (χ4n) is 5.34. The first-order chi connectivity index (χ1) is 21.4. The Morgan fingerprint density at radius 3 is 2.40 bits per heavy atom. The number of rotatable bonds is 8. The van der Waals surface area contributed by atoms with Crippen LogP contribution >= 0.6 is 23.2 Å². The molecule has 13 heteroatoms. The van der Waals surface area contributed by atoms with Gasteiger partial charge < -0.3 is 19.9 Å². The molecule has 2 N–H and O–H groups in total. The predicted octanol–water partition coefficient (Wildman–Crippen LogP) is 4.45. The first-order valence-electron chi connectivity index (χ1n) is 13.9. The lowest BCUT2D eigenvalue weighted by atomic mass is 9.97. The molecule has 45 heavy (non-hydrogen) atoms. The van der Waals surface area contributed by atoms with Gasteiger partial charge in [-0.1, -0.05) is 53.5 Å². The summed E-state index contributed by atoms with van der Waals surface area (Å²) in [4.78, 5) is 51.2. The van der Waals surface area contributed by atoms with Gasteiger partial charge in [0.1, 0.15) is 17.1 Å². The number of hydrogen-bond donors (Lipinski definition) is 2. The van der Waals surface area contributed by atoms with Crippen molar-refractivity contribution in [2.45, 2.75) is 19.0 Å². The molecular weight excluding hydrogens is 624 g/mol. The van der Waals surface area contributed by atoms with E-state index in [0.29, 0.717) is 46.5 Å². The number of halogens is 3. The maximum atomic E-state index is 15.6. The van der Waals surface area contributed by atoms with E-state index in [1.165, 1.54) is 33.5 Å². The molecule has 0 radical (unpaired) electrons. The maximum Gasteiger partial charge on any atom is 0.330 e. The van der Waals surface area contributed by atoms with Gasteiger partial charge in [-0.3, -0.25) is 23.9 Å². The molecule has 1 aliphatic heterocycles. The Bertz CT molecular complexity index is 1960. The number of aromatic nitrogens is 2. The van der Waals surface area contributed by atoms with Crippen LogP contribution < -0.4 is 26.6 Å². The van der Waals surface area contributed by atoms with Crippen molar-refractivity contribution in [2.24, 2.45) is 14.1 Å². The molecule has 10 nitrogen and oxygen atoms in total. The number of benzene rings is 3. The van der Waals surface area contributed by atoms with Crippen LogP contribution in [0.1, 0.15) is 22.3 Å². The SMILES string of the molecule is COc1cc(-c2cccc(-c3cccc(NC(=O)c4cn(C)c(=O)n(C)c4=O)c3Cl)c2Cl)cc(F)c1CN(C)[C@@H]1CNC(=O)C1. The summed E-state index contributed by atoms with van der Waals surface area (Å²) in [6.45, 7) is 0.737. The smallest absolute Gasteiger partial charge is 0.330 e. The van der Waals surface area contributed by atoms with E-state index in [9.17, 15) is 19.2 Å². The van der Waals surface area contributed by atoms with Crippen molar-refractivity contribution in [1.29, 1.82) is 0 Å². The topological polar surface area (TPSA) is 115 Å². The highest BCUT2D eigenvalue weighted by Crippen LogP contribution is 2.42. The number of carbonyl (C=O) groups excluding carboxylic acids is 2. The summed E-state index contributed by atoms with van der Waals surface area (Å²) >= 11 is 13.7. The first kappa shape index (κ1) is 32.0. The molecule has 0 saturated carbocycles. The van der Waals surface area contributed by atoms with E-state index in [1.54, 1.807) is 42.5 Å². The average Bonchev–Trinajstić information content (AvgIpc) is 3.46. The lowest BCUT2D eigenvalue weighted by Crippen LogP contribution is -2.40. The Kier molecular flexibility index (Phi) is 9.15. The highest BCUT2D eigenvalue weighted by Gasteiger charge is 2.27. The number of anilines is 1. The number of nitrogens with zero attached hydrogens (tertiary/aromatic N) is 3. The zero-order valence-electron chi connectivity index (χ0n) is 24.9. The molecule has 3 aromatic carbocycles. The Hall–Kier alpha value is -4.45. The lowest BCUT2D eigenvalue weighted by molar-refractivity contribution is -0.119. The standard InChI is InChI=1S/C32H30Cl2FN5O5/c1-38(18-13-27(41)36-14-18)15-22-24(35)11-17(12-26(22)45-4)19-7-5-8-20(28(19)33)21-9-6-10-25(29(21)34)37-30(42)23-16-39(2)32(44)40(3)31(23)43/h5-12,16,18H,13-15H2,1-4H3,(H,36,41)(H,37,42)/t18-/m0/s1. The first-order valence-corrected chi connectivity index (χ1v) is 14.7. The molecule has 2 heterocycles. The van der Waals surface area contributed by atoms with Crippen LogP contribution in [0, 0.1) is 5.82 Å². The van der Waals surface area contributed by atoms with E-state index < -0.39 is 23.0 Å². The summed E-state index contributed by atoms with van der Waals surface area (Å²) in [5.41, 5.74) is 1.04. The van der Waals surface area contributed by atoms with Gasteiger partial charge in [0, 0.05) is 68.1 Å². The molecule has 5 rings (SSSR count). The van der Waals surface area contributed by atoms with Gasteiger partial charge in [-0.15, -0.1) is 0 Å². The fraction of sp³-hybridized carbons (Fsp3) is 0.250. The summed E-state index contributed by atoms with van der Waals surface area (Å²) in [7, 11) is 6.02. The van der Waals surface area contributed by atoms with Crippen LogP contribution in [-0.2, 0) is 25.4 Å². The highest BCUT2D eigenvalue weighted by molar-refractivity contribution is 6.39. The third-order valence-electron chi connectivity index (χ3n) is 7.90. The van der Waals surface area contributed by atoms with Crippen LogP contribution in [0.2, 0.25) is 10.0 Å². The van der Waals surface area contributed by atoms with Crippen molar-refractivity contribution in [3.8, 4) is 28.0 Å². The molecule has 4 aromatic rings. The molecule has 1 fully saturated rings. The molecule has 1 atom stereocenters. The second-order valence-corrected chi connectivity index (χ2v) is 11.6. The van der Waals surface area contributed by atoms with Gasteiger partial charge in [-0.05, 0) is 30.8 Å². The van der Waals surface area contributed by atoms with E-state index in [4.69, 9.17) is 27.9 Å². The number of amides is 2. The average molecular weight is 655 g/mol. The minimum absolute atomic E-state index is 0.0350. The minimum Gasteiger partial charge on any atom is -0.496 e. The molecule has 1 aromatic heterocycles. The van der Waals surface area contributed by atoms with Crippen LogP contribution in [0.15, 0.2) is 64.3 Å². The lowest BCUT2D eigenvalue weighted by Gasteiger charge is -2.24. The number of likely N-dealkylation sites (N-methyl/N-ethyl adjacent to an activating group) is 1. The second kappa shape index (κ2) is 12.9. The summed E-state index contributed by atoms with van der Waals surface area (Å²) in [5, 5.41) is 5.89. The van der Waals surface area contributed by atoms with Gasteiger partial charge in [-0.25, -0.2) is 9.18 Å². The minimum atomic E-state index is -0.746. The summed E-state index contributed by atoms with van der Waals surface area (Å²) in [5.74, 6) is -0.924. The highest BCUT2D eigenvalue weighted by atomic mass is 35.5. The maximum absolute atomic E-state index is 15.6. The van der Waals surface area contributed by atoms with Gasteiger partial charge in [0.2, 0.25) is 5.91 Å². The van der Waals surface area contributed by atoms with E-state index in [-0.39, 0.29) is 39.8 Å². The van der Waals surface area contributed by atoms with E-state index in [2.05, 4.69) is 10.6 Å². The van der Waals surface area contributed by atoms with Crippen molar-refractivity contribution in [2.75, 3.05) is 26.0 Å². The van der Waals surface area contributed by atoms with Crippen molar-refractivity contribution in [3.05, 3.63) is 103 Å². The Morgan fingerprint density at radius 2 is 1.73 bits per heavy atom. The number of nitrogens with one attached hydrogen (secondary N) is 2. The molecule has 0 bridgehead atoms. The van der Waals surface area contributed by atoms with E-state index in [0.717, 1.165) is 9.13 Å². The monoisotopic (exact) mass is 653 g/mol. The third-order valence-corrected chi connectivity index (χ3v) is 8.71. The van der Waals surface area contributed by atoms with Gasteiger partial charge in [0.15, 0.2) is 0 Å². The van der Waals surface area contributed by atoms with Crippen LogP contribution in [0.3, 0.4) is 0 Å². The third kappa shape index (κ3) is 6.24. The molecular formula is C32H30Cl2FN5O5. The van der Waals surface area contributed by atoms with Gasteiger partial charge >= 0.3 is 5.69 Å². The Morgan fingerprint density at radius 1 is 1.07 bits per heavy atom. The Labute approximate surface area is 267 Å². The van der Waals surface area contributed by atoms with Gasteiger partial charge in [0.05, 0.1) is 22.8 Å². The molecule has 2 amide bonds. The van der Waals surface area contributed by atoms with Crippen molar-refractivity contribution in [3.63, 3.8) is 0 Å². The van der Waals surface area contributed by atoms with Crippen LogP contribution in [-0.4, -0.2) is 52.6 Å². The number of methoxy groups -OCH3 is 1. The second-order valence-electron chi connectivity index (χ2n) is 10.8. The zero-order chi connectivity index (χ0) is 32.6. The molecule has 1 aliphatic rings. The summed E-state index contributed by atoms with van der Waals surface area (Å²) in [6.07, 6.45) is 1.52. The molecule has 1 saturated heterocycles. The molecule has 0 aliphatic carbocycles. The Balaban J connectivity index is 1.47. The largest absolute Gasteiger partial charge is 0.496 e. The van der Waals surface area contributed by atoms with Crippen molar-refractivity contribution in [1.82, 2.24) is 19.4 Å². The van der Waals surface area contributed by atoms with Gasteiger partial charge in [0.25, 0.3) is 11.5 Å². The predicted molar refractivity (Wildman–Crippen MR) is 172 cm³/mol. The number of hydrogen-bond acceptors (Lipinski definition) is 6. The number of carbonyl (C=O) groups is 2. The quantitative estimate of drug-likeness (QED) is 0.291. The van der Waals surface area contributed by atoms with Gasteiger partial charge in [-0.2, -0.15) is 0 Å². The molecule has 0 spiro atoms. The fourth-order valence-corrected chi connectivity index (χ4v) is 5.95. The van der Waals surface area contributed by atoms with Crippen molar-refractivity contribution >= 4 is 40.7 Å². The van der Waals surface area contributed by atoms with Crippen LogP contribution in [0.25, 0.3) is 22.3 Å². The zero-order valence-corrected chi connectivity index (χ0v) is 26.4. The van der Waals surface area contributed by atoms with Crippen LogP contribution in [0.4, 0.5) is 10.1 Å².